The predicted octanol–water partition coefficient (Wildman–Crippen LogP) is 2.62. The van der Waals surface area contributed by atoms with Crippen molar-refractivity contribution in [3.05, 3.63) is 29.8 Å². The number of rotatable bonds is 0. The lowest BCUT2D eigenvalue weighted by atomic mass is 9.49. The molecular formula is C16H18O3. The highest BCUT2D eigenvalue weighted by Gasteiger charge is 2.67. The fourth-order valence-electron chi connectivity index (χ4n) is 4.50. The zero-order chi connectivity index (χ0) is 13.0. The summed E-state index contributed by atoms with van der Waals surface area (Å²) in [5, 5.41) is 11.2. The van der Waals surface area contributed by atoms with Crippen LogP contribution in [0.15, 0.2) is 24.3 Å². The van der Waals surface area contributed by atoms with E-state index in [-0.39, 0.29) is 17.8 Å². The molecule has 3 nitrogen and oxygen atoms in total. The van der Waals surface area contributed by atoms with Gasteiger partial charge in [-0.3, -0.25) is 4.79 Å². The first kappa shape index (κ1) is 11.5. The van der Waals surface area contributed by atoms with Gasteiger partial charge in [0.05, 0.1) is 5.92 Å². The number of esters is 1. The number of aliphatic hydroxyl groups is 1. The molecular weight excluding hydrogens is 240 g/mol. The third-order valence-electron chi connectivity index (χ3n) is 5.32. The van der Waals surface area contributed by atoms with Crippen LogP contribution in [0.3, 0.4) is 0 Å². The Hall–Kier alpha value is -1.35. The first-order valence-corrected chi connectivity index (χ1v) is 7.26. The molecule has 0 aromatic heterocycles. The Morgan fingerprint density at radius 3 is 2.84 bits per heavy atom. The molecule has 2 fully saturated rings. The SMILES string of the molecule is O=C1Oc2ccccc2[C@@]2(O)[C@@H]3CCCCC[C@@H]3[C@H]12. The monoisotopic (exact) mass is 258 g/mol. The van der Waals surface area contributed by atoms with Crippen LogP contribution in [-0.2, 0) is 10.4 Å². The average molecular weight is 258 g/mol. The smallest absolute Gasteiger partial charge is 0.317 e. The van der Waals surface area contributed by atoms with E-state index in [1.54, 1.807) is 6.07 Å². The van der Waals surface area contributed by atoms with Crippen molar-refractivity contribution in [2.75, 3.05) is 0 Å². The lowest BCUT2D eigenvalue weighted by Crippen LogP contribution is -2.65. The largest absolute Gasteiger partial charge is 0.426 e. The van der Waals surface area contributed by atoms with E-state index in [2.05, 4.69) is 0 Å². The number of carbonyl (C=O) groups is 1. The molecule has 2 saturated carbocycles. The Kier molecular flexibility index (Phi) is 2.31. The minimum atomic E-state index is -0.971. The zero-order valence-electron chi connectivity index (χ0n) is 10.8. The lowest BCUT2D eigenvalue weighted by Gasteiger charge is -2.59. The van der Waals surface area contributed by atoms with Crippen molar-refractivity contribution in [2.24, 2.45) is 17.8 Å². The molecule has 1 N–H and O–H groups in total. The third-order valence-corrected chi connectivity index (χ3v) is 5.32. The standard InChI is InChI=1S/C16H18O3/c17-15-14-10-6-2-1-3-7-11(10)16(14,18)12-8-4-5-9-13(12)19-15/h4-5,8-11,14,18H,1-3,6-7H2/t10-,11+,14+,16-/m0/s1. The van der Waals surface area contributed by atoms with Gasteiger partial charge in [-0.1, -0.05) is 37.5 Å². The summed E-state index contributed by atoms with van der Waals surface area (Å²) < 4.78 is 5.42. The molecule has 0 radical (unpaired) electrons. The van der Waals surface area contributed by atoms with Crippen LogP contribution in [0.4, 0.5) is 0 Å². The number of benzene rings is 1. The number of hydrogen-bond donors (Lipinski definition) is 1. The van der Waals surface area contributed by atoms with Gasteiger partial charge in [-0.15, -0.1) is 0 Å². The van der Waals surface area contributed by atoms with E-state index >= 15 is 0 Å². The molecule has 2 aliphatic carbocycles. The van der Waals surface area contributed by atoms with Gasteiger partial charge in [0.2, 0.25) is 0 Å². The van der Waals surface area contributed by atoms with Crippen molar-refractivity contribution in [3.8, 4) is 5.75 Å². The summed E-state index contributed by atoms with van der Waals surface area (Å²) in [7, 11) is 0. The molecule has 3 aliphatic rings. The number of hydrogen-bond acceptors (Lipinski definition) is 3. The third kappa shape index (κ3) is 1.34. The Morgan fingerprint density at radius 2 is 1.95 bits per heavy atom. The number of ether oxygens (including phenoxy) is 1. The molecule has 4 rings (SSSR count). The van der Waals surface area contributed by atoms with Crippen LogP contribution in [0.5, 0.6) is 5.75 Å². The number of fused-ring (bicyclic) bond motifs is 6. The van der Waals surface area contributed by atoms with E-state index in [1.807, 2.05) is 18.2 Å². The fourth-order valence-corrected chi connectivity index (χ4v) is 4.50. The van der Waals surface area contributed by atoms with Gasteiger partial charge in [-0.25, -0.2) is 0 Å². The zero-order valence-corrected chi connectivity index (χ0v) is 10.8. The van der Waals surface area contributed by atoms with Crippen LogP contribution in [0.25, 0.3) is 0 Å². The van der Waals surface area contributed by atoms with Crippen LogP contribution in [0.1, 0.15) is 37.7 Å². The molecule has 1 aromatic carbocycles. The van der Waals surface area contributed by atoms with Crippen LogP contribution >= 0.6 is 0 Å². The second-order valence-electron chi connectivity index (χ2n) is 6.13. The van der Waals surface area contributed by atoms with Gasteiger partial charge in [-0.05, 0) is 30.7 Å². The Bertz CT molecular complexity index is 539. The van der Waals surface area contributed by atoms with Crippen LogP contribution in [0.2, 0.25) is 0 Å². The minimum Gasteiger partial charge on any atom is -0.426 e. The van der Waals surface area contributed by atoms with E-state index < -0.39 is 5.60 Å². The van der Waals surface area contributed by atoms with E-state index in [4.69, 9.17) is 4.74 Å². The molecule has 0 amide bonds. The molecule has 1 heterocycles. The Morgan fingerprint density at radius 1 is 1.16 bits per heavy atom. The van der Waals surface area contributed by atoms with Gasteiger partial charge in [-0.2, -0.15) is 0 Å². The maximum Gasteiger partial charge on any atom is 0.317 e. The van der Waals surface area contributed by atoms with Gasteiger partial charge in [0.15, 0.2) is 0 Å². The topological polar surface area (TPSA) is 46.5 Å². The summed E-state index contributed by atoms with van der Waals surface area (Å²) in [6, 6.07) is 7.46. The number of carbonyl (C=O) groups excluding carboxylic acids is 1. The van der Waals surface area contributed by atoms with Crippen LogP contribution in [0, 0.1) is 17.8 Å². The summed E-state index contributed by atoms with van der Waals surface area (Å²) in [6.07, 6.45) is 5.62. The molecule has 0 unspecified atom stereocenters. The first-order chi connectivity index (χ1) is 9.23. The highest BCUT2D eigenvalue weighted by Crippen LogP contribution is 2.63. The summed E-state index contributed by atoms with van der Waals surface area (Å²) in [6.45, 7) is 0. The van der Waals surface area contributed by atoms with Crippen LogP contribution < -0.4 is 4.74 Å². The van der Waals surface area contributed by atoms with Gasteiger partial charge >= 0.3 is 5.97 Å². The molecule has 19 heavy (non-hydrogen) atoms. The molecule has 0 bridgehead atoms. The molecule has 4 atom stereocenters. The molecule has 3 heteroatoms. The van der Waals surface area contributed by atoms with E-state index in [1.165, 1.54) is 12.8 Å². The van der Waals surface area contributed by atoms with E-state index in [0.29, 0.717) is 11.7 Å². The highest BCUT2D eigenvalue weighted by atomic mass is 16.5. The van der Waals surface area contributed by atoms with Gasteiger partial charge < -0.3 is 9.84 Å². The number of para-hydroxylation sites is 1. The lowest BCUT2D eigenvalue weighted by molar-refractivity contribution is -0.226. The Labute approximate surface area is 112 Å². The summed E-state index contributed by atoms with van der Waals surface area (Å²) in [5.41, 5.74) is -0.149. The van der Waals surface area contributed by atoms with Gasteiger partial charge in [0, 0.05) is 5.56 Å². The summed E-state index contributed by atoms with van der Waals surface area (Å²) >= 11 is 0. The predicted molar refractivity (Wildman–Crippen MR) is 69.5 cm³/mol. The first-order valence-electron chi connectivity index (χ1n) is 7.26. The molecule has 1 aromatic rings. The van der Waals surface area contributed by atoms with Gasteiger partial charge in [0.25, 0.3) is 0 Å². The van der Waals surface area contributed by atoms with Gasteiger partial charge in [0.1, 0.15) is 11.4 Å². The fraction of sp³-hybridized carbons (Fsp3) is 0.562. The highest BCUT2D eigenvalue weighted by molar-refractivity contribution is 5.82. The van der Waals surface area contributed by atoms with Crippen molar-refractivity contribution in [1.82, 2.24) is 0 Å². The second-order valence-corrected chi connectivity index (χ2v) is 6.13. The Balaban J connectivity index is 1.83. The van der Waals surface area contributed by atoms with Crippen molar-refractivity contribution in [1.29, 1.82) is 0 Å². The van der Waals surface area contributed by atoms with Crippen molar-refractivity contribution in [3.63, 3.8) is 0 Å². The minimum absolute atomic E-state index is 0.231. The molecule has 100 valence electrons. The van der Waals surface area contributed by atoms with Crippen LogP contribution in [-0.4, -0.2) is 11.1 Å². The molecule has 0 spiro atoms. The maximum atomic E-state index is 12.2. The van der Waals surface area contributed by atoms with E-state index in [9.17, 15) is 9.90 Å². The average Bonchev–Trinajstić information content (AvgIpc) is 2.61. The maximum absolute atomic E-state index is 12.2. The second kappa shape index (κ2) is 3.83. The molecule has 1 aliphatic heterocycles. The van der Waals surface area contributed by atoms with E-state index in [0.717, 1.165) is 24.8 Å². The van der Waals surface area contributed by atoms with Crippen molar-refractivity contribution >= 4 is 5.97 Å². The summed E-state index contributed by atoms with van der Waals surface area (Å²) in [5.74, 6) is 0.520. The quantitative estimate of drug-likeness (QED) is 0.575. The van der Waals surface area contributed by atoms with Crippen molar-refractivity contribution < 1.29 is 14.6 Å². The molecule has 0 saturated heterocycles. The summed E-state index contributed by atoms with van der Waals surface area (Å²) in [4.78, 5) is 12.2. The van der Waals surface area contributed by atoms with Crippen molar-refractivity contribution in [2.45, 2.75) is 37.7 Å². The normalized spacial score (nSPS) is 40.1.